The number of hydrogen-bond donors (Lipinski definition) is 0. The van der Waals surface area contributed by atoms with Crippen molar-refractivity contribution < 1.29 is 8.78 Å². The van der Waals surface area contributed by atoms with Crippen molar-refractivity contribution in [1.29, 1.82) is 0 Å². The molecule has 0 aliphatic rings. The molecule has 0 unspecified atom stereocenters. The van der Waals surface area contributed by atoms with E-state index < -0.39 is 11.6 Å². The number of halogens is 2. The van der Waals surface area contributed by atoms with Crippen LogP contribution in [0.2, 0.25) is 0 Å². The molecule has 0 nitrogen and oxygen atoms in total. The van der Waals surface area contributed by atoms with Gasteiger partial charge in [0.25, 0.3) is 0 Å². The van der Waals surface area contributed by atoms with E-state index in [1.54, 1.807) is 12.1 Å². The van der Waals surface area contributed by atoms with Crippen molar-refractivity contribution in [3.8, 4) is 23.7 Å². The van der Waals surface area contributed by atoms with E-state index in [-0.39, 0.29) is 5.56 Å². The molecule has 0 saturated carbocycles. The van der Waals surface area contributed by atoms with Crippen molar-refractivity contribution in [2.75, 3.05) is 0 Å². The second kappa shape index (κ2) is 12.8. The molecule has 0 aliphatic heterocycles. The van der Waals surface area contributed by atoms with E-state index in [1.165, 1.54) is 24.8 Å². The molecule has 0 heterocycles. The number of hydrogen-bond acceptors (Lipinski definition) is 0. The Bertz CT molecular complexity index is 886. The molecule has 2 aromatic carbocycles. The Kier molecular flexibility index (Phi) is 10.0. The minimum atomic E-state index is -0.872. The van der Waals surface area contributed by atoms with Gasteiger partial charge in [0.2, 0.25) is 0 Å². The first-order valence-corrected chi connectivity index (χ1v) is 10.7. The van der Waals surface area contributed by atoms with Crippen molar-refractivity contribution in [1.82, 2.24) is 0 Å². The van der Waals surface area contributed by atoms with Gasteiger partial charge in [-0.15, -0.1) is 0 Å². The summed E-state index contributed by atoms with van der Waals surface area (Å²) in [6.07, 6.45) is 9.46. The second-order valence-electron chi connectivity index (χ2n) is 7.36. The van der Waals surface area contributed by atoms with Gasteiger partial charge in [-0.3, -0.25) is 0 Å². The molecule has 2 rings (SSSR count). The first-order valence-electron chi connectivity index (χ1n) is 10.7. The third-order valence-electron chi connectivity index (χ3n) is 4.95. The summed E-state index contributed by atoms with van der Waals surface area (Å²) in [6.45, 7) is 4.32. The largest absolute Gasteiger partial charge is 0.203 e. The third-order valence-corrected chi connectivity index (χ3v) is 4.95. The van der Waals surface area contributed by atoms with Gasteiger partial charge < -0.3 is 0 Å². The van der Waals surface area contributed by atoms with Crippen LogP contribution in [0.5, 0.6) is 0 Å². The van der Waals surface area contributed by atoms with Gasteiger partial charge >= 0.3 is 0 Å². The summed E-state index contributed by atoms with van der Waals surface area (Å²) >= 11 is 0. The van der Waals surface area contributed by atoms with Gasteiger partial charge in [0.15, 0.2) is 11.6 Å². The molecule has 152 valence electrons. The normalized spacial score (nSPS) is 10.1. The zero-order chi connectivity index (χ0) is 20.9. The molecule has 0 fully saturated rings. The average Bonchev–Trinajstić information content (AvgIpc) is 2.74. The van der Waals surface area contributed by atoms with Gasteiger partial charge in [-0.25, -0.2) is 8.78 Å². The van der Waals surface area contributed by atoms with Gasteiger partial charge in [0.05, 0.1) is 5.56 Å². The fourth-order valence-electron chi connectivity index (χ4n) is 3.16. The van der Waals surface area contributed by atoms with Gasteiger partial charge in [0, 0.05) is 5.56 Å². The Balaban J connectivity index is 1.97. The average molecular weight is 393 g/mol. The lowest BCUT2D eigenvalue weighted by atomic mass is 10.0. The zero-order valence-electron chi connectivity index (χ0n) is 17.6. The Morgan fingerprint density at radius 1 is 0.655 bits per heavy atom. The highest BCUT2D eigenvalue weighted by Crippen LogP contribution is 2.18. The molecule has 0 spiro atoms. The first kappa shape index (κ1) is 22.7. The van der Waals surface area contributed by atoms with Gasteiger partial charge in [-0.1, -0.05) is 70.1 Å². The third kappa shape index (κ3) is 7.75. The maximum absolute atomic E-state index is 14.2. The molecule has 0 saturated heterocycles. The zero-order valence-corrected chi connectivity index (χ0v) is 17.6. The lowest BCUT2D eigenvalue weighted by Gasteiger charge is -2.05. The van der Waals surface area contributed by atoms with Crippen LogP contribution in [0.15, 0.2) is 36.4 Å². The minimum Gasteiger partial charge on any atom is -0.203 e. The van der Waals surface area contributed by atoms with Crippen LogP contribution in [-0.2, 0) is 12.8 Å². The smallest absolute Gasteiger partial charge is 0.174 e. The molecule has 29 heavy (non-hydrogen) atoms. The monoisotopic (exact) mass is 392 g/mol. The fourth-order valence-corrected chi connectivity index (χ4v) is 3.16. The van der Waals surface area contributed by atoms with E-state index >= 15 is 0 Å². The molecule has 0 aliphatic carbocycles. The minimum absolute atomic E-state index is 0.0559. The standard InChI is InChI=1S/C27H30F2/c1-3-5-7-9-14-24-20-21-25(27(29)26(24)28)15-11-10-13-23-18-16-22(17-19-23)12-8-6-4-2/h16-21H,3-9,12,14H2,1-2H3. The van der Waals surface area contributed by atoms with E-state index in [2.05, 4.69) is 49.7 Å². The Morgan fingerprint density at radius 3 is 2.03 bits per heavy atom. The predicted molar refractivity (Wildman–Crippen MR) is 118 cm³/mol. The molecule has 0 N–H and O–H groups in total. The van der Waals surface area contributed by atoms with Crippen LogP contribution in [0.25, 0.3) is 0 Å². The van der Waals surface area contributed by atoms with Crippen molar-refractivity contribution in [2.45, 2.75) is 71.6 Å². The maximum Gasteiger partial charge on any atom is 0.174 e. The van der Waals surface area contributed by atoms with Gasteiger partial charge in [-0.2, -0.15) is 0 Å². The Morgan fingerprint density at radius 2 is 1.31 bits per heavy atom. The van der Waals surface area contributed by atoms with E-state index in [0.717, 1.165) is 37.7 Å². The van der Waals surface area contributed by atoms with Crippen molar-refractivity contribution in [3.05, 3.63) is 70.3 Å². The number of rotatable bonds is 9. The maximum atomic E-state index is 14.2. The molecule has 2 heteroatoms. The van der Waals surface area contributed by atoms with Crippen LogP contribution in [0.4, 0.5) is 8.78 Å². The molecule has 0 bridgehead atoms. The van der Waals surface area contributed by atoms with Crippen molar-refractivity contribution in [3.63, 3.8) is 0 Å². The van der Waals surface area contributed by atoms with E-state index in [9.17, 15) is 8.78 Å². The van der Waals surface area contributed by atoms with Crippen LogP contribution in [0.3, 0.4) is 0 Å². The highest BCUT2D eigenvalue weighted by Gasteiger charge is 2.11. The quantitative estimate of drug-likeness (QED) is 0.312. The molecule has 0 amide bonds. The van der Waals surface area contributed by atoms with Crippen LogP contribution in [0.1, 0.15) is 81.0 Å². The summed E-state index contributed by atoms with van der Waals surface area (Å²) in [5.74, 6) is 9.31. The lowest BCUT2D eigenvalue weighted by Crippen LogP contribution is -1.98. The SMILES string of the molecule is CCCCCCc1ccc(C#CC#Cc2ccc(CCCCC)cc2)c(F)c1F. The summed E-state index contributed by atoms with van der Waals surface area (Å²) in [5, 5.41) is 0. The topological polar surface area (TPSA) is 0 Å². The molecule has 0 aromatic heterocycles. The first-order chi connectivity index (χ1) is 14.2. The fraction of sp³-hybridized carbons (Fsp3) is 0.407. The summed E-state index contributed by atoms with van der Waals surface area (Å²) in [4.78, 5) is 0. The van der Waals surface area contributed by atoms with Crippen LogP contribution in [-0.4, -0.2) is 0 Å². The highest BCUT2D eigenvalue weighted by molar-refractivity contribution is 5.46. The Hall–Kier alpha value is -2.58. The van der Waals surface area contributed by atoms with E-state index in [4.69, 9.17) is 0 Å². The van der Waals surface area contributed by atoms with Gasteiger partial charge in [0.1, 0.15) is 0 Å². The molecule has 0 radical (unpaired) electrons. The summed E-state index contributed by atoms with van der Waals surface area (Å²) in [7, 11) is 0. The van der Waals surface area contributed by atoms with Crippen LogP contribution >= 0.6 is 0 Å². The van der Waals surface area contributed by atoms with E-state index in [0.29, 0.717) is 12.0 Å². The highest BCUT2D eigenvalue weighted by atomic mass is 19.2. The van der Waals surface area contributed by atoms with Crippen LogP contribution < -0.4 is 0 Å². The molecular formula is C27H30F2. The number of unbranched alkanes of at least 4 members (excludes halogenated alkanes) is 5. The molecular weight excluding hydrogens is 362 g/mol. The number of benzene rings is 2. The summed E-state index contributed by atoms with van der Waals surface area (Å²) < 4.78 is 28.4. The molecule has 0 atom stereocenters. The summed E-state index contributed by atoms with van der Waals surface area (Å²) in [6, 6.07) is 11.3. The molecule has 2 aromatic rings. The lowest BCUT2D eigenvalue weighted by molar-refractivity contribution is 0.493. The second-order valence-corrected chi connectivity index (χ2v) is 7.36. The van der Waals surface area contributed by atoms with E-state index in [1.807, 2.05) is 12.1 Å². The van der Waals surface area contributed by atoms with Crippen molar-refractivity contribution >= 4 is 0 Å². The number of aryl methyl sites for hydroxylation is 2. The van der Waals surface area contributed by atoms with Crippen LogP contribution in [0, 0.1) is 35.3 Å². The predicted octanol–water partition coefficient (Wildman–Crippen LogP) is 7.22. The Labute approximate surface area is 174 Å². The summed E-state index contributed by atoms with van der Waals surface area (Å²) in [5.41, 5.74) is 2.66. The van der Waals surface area contributed by atoms with Gasteiger partial charge in [-0.05, 0) is 72.8 Å². The van der Waals surface area contributed by atoms with Crippen molar-refractivity contribution in [2.24, 2.45) is 0 Å².